The van der Waals surface area contributed by atoms with E-state index in [1.165, 1.54) is 0 Å². The van der Waals surface area contributed by atoms with Gasteiger partial charge in [-0.2, -0.15) is 5.10 Å². The first kappa shape index (κ1) is 9.89. The minimum absolute atomic E-state index is 0.371. The molecule has 0 radical (unpaired) electrons. The van der Waals surface area contributed by atoms with Gasteiger partial charge in [0.05, 0.1) is 11.4 Å². The van der Waals surface area contributed by atoms with E-state index in [2.05, 4.69) is 9.94 Å². The predicted molar refractivity (Wildman–Crippen MR) is 57.6 cm³/mol. The molecular formula is C11H13N3O. The van der Waals surface area contributed by atoms with Gasteiger partial charge in [0.15, 0.2) is 0 Å². The molecule has 2 aromatic rings. The lowest BCUT2D eigenvalue weighted by Crippen LogP contribution is -2.04. The summed E-state index contributed by atoms with van der Waals surface area (Å²) in [7, 11) is 1.88. The van der Waals surface area contributed by atoms with E-state index in [1.807, 2.05) is 43.4 Å². The maximum atomic E-state index is 5.04. The Morgan fingerprint density at radius 3 is 2.73 bits per heavy atom. The first-order valence-electron chi connectivity index (χ1n) is 4.71. The normalized spacial score (nSPS) is 10.5. The highest BCUT2D eigenvalue weighted by atomic mass is 16.6. The number of benzene rings is 1. The van der Waals surface area contributed by atoms with Crippen LogP contribution in [-0.4, -0.2) is 9.78 Å². The van der Waals surface area contributed by atoms with Crippen molar-refractivity contribution in [1.82, 2.24) is 9.78 Å². The van der Waals surface area contributed by atoms with Crippen molar-refractivity contribution in [2.45, 2.75) is 6.61 Å². The molecular weight excluding hydrogens is 190 g/mol. The van der Waals surface area contributed by atoms with E-state index < -0.39 is 0 Å². The van der Waals surface area contributed by atoms with Gasteiger partial charge in [0.1, 0.15) is 6.61 Å². The lowest BCUT2D eigenvalue weighted by molar-refractivity contribution is 0.118. The lowest BCUT2D eigenvalue weighted by atomic mass is 10.1. The van der Waals surface area contributed by atoms with Crippen molar-refractivity contribution >= 4 is 0 Å². The largest absolute Gasteiger partial charge is 0.298 e. The second-order valence-electron chi connectivity index (χ2n) is 3.32. The molecule has 0 aliphatic rings. The standard InChI is InChI=1S/C11H13N3O/c1-14-10(8-15-12)7-11(13-14)9-5-3-2-4-6-9/h2-7H,8,12H2,1H3. The molecule has 4 nitrogen and oxygen atoms in total. The Kier molecular flexibility index (Phi) is 2.80. The Morgan fingerprint density at radius 2 is 2.07 bits per heavy atom. The van der Waals surface area contributed by atoms with Crippen LogP contribution in [0.1, 0.15) is 5.69 Å². The minimum Gasteiger partial charge on any atom is -0.298 e. The molecule has 78 valence electrons. The summed E-state index contributed by atoms with van der Waals surface area (Å²) in [5.74, 6) is 5.04. The monoisotopic (exact) mass is 203 g/mol. The average Bonchev–Trinajstić information content (AvgIpc) is 2.63. The molecule has 15 heavy (non-hydrogen) atoms. The SMILES string of the molecule is Cn1nc(-c2ccccc2)cc1CON. The van der Waals surface area contributed by atoms with Gasteiger partial charge in [-0.3, -0.25) is 9.52 Å². The van der Waals surface area contributed by atoms with Crippen LogP contribution in [0.15, 0.2) is 36.4 Å². The van der Waals surface area contributed by atoms with Gasteiger partial charge in [0.25, 0.3) is 0 Å². The van der Waals surface area contributed by atoms with Gasteiger partial charge in [-0.05, 0) is 6.07 Å². The van der Waals surface area contributed by atoms with Gasteiger partial charge in [0.2, 0.25) is 0 Å². The van der Waals surface area contributed by atoms with E-state index in [0.29, 0.717) is 6.61 Å². The van der Waals surface area contributed by atoms with Gasteiger partial charge in [-0.25, -0.2) is 5.90 Å². The third-order valence-corrected chi connectivity index (χ3v) is 2.28. The van der Waals surface area contributed by atoms with Gasteiger partial charge in [-0.1, -0.05) is 30.3 Å². The maximum Gasteiger partial charge on any atom is 0.110 e. The molecule has 0 saturated carbocycles. The fourth-order valence-electron chi connectivity index (χ4n) is 1.48. The summed E-state index contributed by atoms with van der Waals surface area (Å²) in [4.78, 5) is 4.60. The third-order valence-electron chi connectivity index (χ3n) is 2.28. The van der Waals surface area contributed by atoms with Crippen LogP contribution in [-0.2, 0) is 18.5 Å². The number of nitrogens with two attached hydrogens (primary N) is 1. The number of hydrogen-bond acceptors (Lipinski definition) is 3. The quantitative estimate of drug-likeness (QED) is 0.769. The summed E-state index contributed by atoms with van der Waals surface area (Å²) in [6, 6.07) is 12.0. The number of rotatable bonds is 3. The zero-order chi connectivity index (χ0) is 10.7. The summed E-state index contributed by atoms with van der Waals surface area (Å²) in [6.45, 7) is 0.371. The summed E-state index contributed by atoms with van der Waals surface area (Å²) in [5, 5.41) is 4.38. The number of nitrogens with zero attached hydrogens (tertiary/aromatic N) is 2. The summed E-state index contributed by atoms with van der Waals surface area (Å²) >= 11 is 0. The van der Waals surface area contributed by atoms with E-state index >= 15 is 0 Å². The topological polar surface area (TPSA) is 53.1 Å². The van der Waals surface area contributed by atoms with E-state index in [1.54, 1.807) is 4.68 Å². The molecule has 1 heterocycles. The highest BCUT2D eigenvalue weighted by Crippen LogP contribution is 2.18. The Balaban J connectivity index is 2.34. The van der Waals surface area contributed by atoms with E-state index in [0.717, 1.165) is 17.0 Å². The molecule has 0 bridgehead atoms. The lowest BCUT2D eigenvalue weighted by Gasteiger charge is -1.96. The minimum atomic E-state index is 0.371. The molecule has 0 atom stereocenters. The van der Waals surface area contributed by atoms with Crippen LogP contribution in [0.2, 0.25) is 0 Å². The highest BCUT2D eigenvalue weighted by molar-refractivity contribution is 5.58. The van der Waals surface area contributed by atoms with Crippen molar-refractivity contribution < 1.29 is 4.84 Å². The first-order valence-corrected chi connectivity index (χ1v) is 4.71. The van der Waals surface area contributed by atoms with Gasteiger partial charge in [0, 0.05) is 12.6 Å². The molecule has 0 aliphatic heterocycles. The first-order chi connectivity index (χ1) is 7.31. The molecule has 0 aliphatic carbocycles. The number of aromatic nitrogens is 2. The fourth-order valence-corrected chi connectivity index (χ4v) is 1.48. The van der Waals surface area contributed by atoms with Crippen molar-refractivity contribution in [2.24, 2.45) is 12.9 Å². The van der Waals surface area contributed by atoms with Crippen LogP contribution in [0.5, 0.6) is 0 Å². The van der Waals surface area contributed by atoms with E-state index in [9.17, 15) is 0 Å². The van der Waals surface area contributed by atoms with E-state index in [-0.39, 0.29) is 0 Å². The van der Waals surface area contributed by atoms with Gasteiger partial charge in [-0.15, -0.1) is 0 Å². The van der Waals surface area contributed by atoms with Crippen LogP contribution >= 0.6 is 0 Å². The molecule has 0 spiro atoms. The number of hydrogen-bond donors (Lipinski definition) is 1. The smallest absolute Gasteiger partial charge is 0.110 e. The summed E-state index contributed by atoms with van der Waals surface area (Å²) < 4.78 is 1.77. The van der Waals surface area contributed by atoms with Crippen LogP contribution in [0, 0.1) is 0 Å². The third kappa shape index (κ3) is 2.06. The predicted octanol–water partition coefficient (Wildman–Crippen LogP) is 1.48. The molecule has 0 amide bonds. The second-order valence-corrected chi connectivity index (χ2v) is 3.32. The zero-order valence-corrected chi connectivity index (χ0v) is 8.55. The summed E-state index contributed by atoms with van der Waals surface area (Å²) in [6.07, 6.45) is 0. The van der Waals surface area contributed by atoms with Crippen molar-refractivity contribution in [3.05, 3.63) is 42.1 Å². The Hall–Kier alpha value is -1.65. The van der Waals surface area contributed by atoms with Crippen LogP contribution in [0.25, 0.3) is 11.3 Å². The summed E-state index contributed by atoms with van der Waals surface area (Å²) in [5.41, 5.74) is 2.98. The van der Waals surface area contributed by atoms with Crippen molar-refractivity contribution in [3.63, 3.8) is 0 Å². The van der Waals surface area contributed by atoms with Crippen molar-refractivity contribution in [1.29, 1.82) is 0 Å². The van der Waals surface area contributed by atoms with Crippen LogP contribution in [0.3, 0.4) is 0 Å². The molecule has 2 rings (SSSR count). The zero-order valence-electron chi connectivity index (χ0n) is 8.55. The molecule has 0 saturated heterocycles. The fraction of sp³-hybridized carbons (Fsp3) is 0.182. The van der Waals surface area contributed by atoms with Crippen molar-refractivity contribution in [3.8, 4) is 11.3 Å². The van der Waals surface area contributed by atoms with Crippen LogP contribution < -0.4 is 5.90 Å². The molecule has 4 heteroatoms. The Morgan fingerprint density at radius 1 is 1.33 bits per heavy atom. The van der Waals surface area contributed by atoms with Gasteiger partial charge < -0.3 is 0 Å². The highest BCUT2D eigenvalue weighted by Gasteiger charge is 2.06. The molecule has 1 aromatic heterocycles. The molecule has 2 N–H and O–H groups in total. The Bertz CT molecular complexity index is 436. The van der Waals surface area contributed by atoms with Crippen LogP contribution in [0.4, 0.5) is 0 Å². The average molecular weight is 203 g/mol. The maximum absolute atomic E-state index is 5.04. The second kappa shape index (κ2) is 4.25. The molecule has 0 unspecified atom stereocenters. The van der Waals surface area contributed by atoms with E-state index in [4.69, 9.17) is 5.90 Å². The Labute approximate surface area is 88.2 Å². The number of aryl methyl sites for hydroxylation is 1. The molecule has 1 aromatic carbocycles. The van der Waals surface area contributed by atoms with Crippen molar-refractivity contribution in [2.75, 3.05) is 0 Å². The van der Waals surface area contributed by atoms with Gasteiger partial charge >= 0.3 is 0 Å². The molecule has 0 fully saturated rings.